The van der Waals surface area contributed by atoms with Crippen molar-refractivity contribution in [1.29, 1.82) is 0 Å². The summed E-state index contributed by atoms with van der Waals surface area (Å²) in [5, 5.41) is 10.6. The van der Waals surface area contributed by atoms with Crippen molar-refractivity contribution in [2.45, 2.75) is 38.3 Å². The minimum Gasteiger partial charge on any atom is -0.469 e. The van der Waals surface area contributed by atoms with E-state index in [1.54, 1.807) is 6.08 Å². The molecule has 0 spiro atoms. The first-order valence-electron chi connectivity index (χ1n) is 8.04. The molecular formula is C19H26O5. The highest BCUT2D eigenvalue weighted by molar-refractivity contribution is 5.75. The van der Waals surface area contributed by atoms with Gasteiger partial charge in [-0.25, -0.2) is 0 Å². The summed E-state index contributed by atoms with van der Waals surface area (Å²) in [5.41, 5.74) is 0.355. The van der Waals surface area contributed by atoms with Crippen molar-refractivity contribution < 1.29 is 24.1 Å². The van der Waals surface area contributed by atoms with Gasteiger partial charge in [0.05, 0.1) is 31.8 Å². The molecule has 1 saturated carbocycles. The largest absolute Gasteiger partial charge is 0.469 e. The van der Waals surface area contributed by atoms with Crippen LogP contribution >= 0.6 is 0 Å². The van der Waals surface area contributed by atoms with Crippen LogP contribution in [0.2, 0.25) is 0 Å². The quantitative estimate of drug-likeness (QED) is 0.612. The Morgan fingerprint density at radius 3 is 2.54 bits per heavy atom. The summed E-state index contributed by atoms with van der Waals surface area (Å²) in [4.78, 5) is 12.3. The van der Waals surface area contributed by atoms with Crippen molar-refractivity contribution in [2.24, 2.45) is 11.3 Å². The lowest BCUT2D eigenvalue weighted by atomic mass is 9.75. The van der Waals surface area contributed by atoms with Gasteiger partial charge in [0.1, 0.15) is 6.10 Å². The van der Waals surface area contributed by atoms with Gasteiger partial charge in [-0.2, -0.15) is 0 Å². The predicted molar refractivity (Wildman–Crippen MR) is 90.2 cm³/mol. The molecule has 132 valence electrons. The molecule has 1 aliphatic carbocycles. The molecule has 24 heavy (non-hydrogen) atoms. The summed E-state index contributed by atoms with van der Waals surface area (Å²) in [6.07, 6.45) is 0.179. The number of methoxy groups -OCH3 is 2. The second kappa shape index (κ2) is 7.92. The third-order valence-corrected chi connectivity index (χ3v) is 4.92. The molecule has 2 rings (SSSR count). The number of carbonyl (C=O) groups excluding carboxylic acids is 1. The summed E-state index contributed by atoms with van der Waals surface area (Å²) < 4.78 is 16.5. The number of carbonyl (C=O) groups is 1. The molecule has 0 unspecified atom stereocenters. The number of aliphatic hydroxyl groups excluding tert-OH is 1. The Morgan fingerprint density at radius 1 is 1.33 bits per heavy atom. The molecule has 5 atom stereocenters. The van der Waals surface area contributed by atoms with Crippen LogP contribution in [0.5, 0.6) is 0 Å². The van der Waals surface area contributed by atoms with Crippen LogP contribution in [0.3, 0.4) is 0 Å². The van der Waals surface area contributed by atoms with E-state index in [4.69, 9.17) is 14.2 Å². The molecule has 0 bridgehead atoms. The third-order valence-electron chi connectivity index (χ3n) is 4.92. The van der Waals surface area contributed by atoms with Crippen LogP contribution in [0.4, 0.5) is 0 Å². The first-order valence-corrected chi connectivity index (χ1v) is 8.04. The molecule has 0 aliphatic heterocycles. The van der Waals surface area contributed by atoms with E-state index in [1.807, 2.05) is 37.3 Å². The lowest BCUT2D eigenvalue weighted by Gasteiger charge is -2.35. The normalized spacial score (nSPS) is 32.5. The standard InChI is InChI=1S/C19H26O5/c1-5-11-19(2)14(18(21)23-4)15(20)16(22-3)17(19)24-12-13-9-7-6-8-10-13/h5-10,14-17,20H,1,11-12H2,2-4H3/t14-,15-,16+,17-,19-/m1/s1. The van der Waals surface area contributed by atoms with Gasteiger partial charge in [0.25, 0.3) is 0 Å². The van der Waals surface area contributed by atoms with E-state index in [0.29, 0.717) is 13.0 Å². The van der Waals surface area contributed by atoms with Crippen molar-refractivity contribution in [2.75, 3.05) is 14.2 Å². The Bertz CT molecular complexity index is 558. The smallest absolute Gasteiger partial charge is 0.312 e. The fraction of sp³-hybridized carbons (Fsp3) is 0.526. The number of aliphatic hydroxyl groups is 1. The summed E-state index contributed by atoms with van der Waals surface area (Å²) in [7, 11) is 2.84. The topological polar surface area (TPSA) is 65.0 Å². The Balaban J connectivity index is 2.29. The minimum absolute atomic E-state index is 0.374. The molecule has 1 fully saturated rings. The average molecular weight is 334 g/mol. The number of hydrogen-bond donors (Lipinski definition) is 1. The van der Waals surface area contributed by atoms with E-state index >= 15 is 0 Å². The maximum absolute atomic E-state index is 12.3. The SMILES string of the molecule is C=CC[C@@]1(C)[C@H](OCc2ccccc2)[C@@H](OC)[C@H](O)[C@@H]1C(=O)OC. The summed E-state index contributed by atoms with van der Waals surface area (Å²) >= 11 is 0. The van der Waals surface area contributed by atoms with Crippen LogP contribution in [0.1, 0.15) is 18.9 Å². The van der Waals surface area contributed by atoms with E-state index in [2.05, 4.69) is 6.58 Å². The van der Waals surface area contributed by atoms with Gasteiger partial charge in [0, 0.05) is 12.5 Å². The van der Waals surface area contributed by atoms with Gasteiger partial charge in [-0.1, -0.05) is 43.3 Å². The predicted octanol–water partition coefficient (Wildman–Crippen LogP) is 2.33. The summed E-state index contributed by atoms with van der Waals surface area (Å²) in [6, 6.07) is 9.76. The lowest BCUT2D eigenvalue weighted by molar-refractivity contribution is -0.155. The second-order valence-electron chi connectivity index (χ2n) is 6.41. The van der Waals surface area contributed by atoms with Crippen LogP contribution < -0.4 is 0 Å². The fourth-order valence-electron chi connectivity index (χ4n) is 3.71. The van der Waals surface area contributed by atoms with E-state index in [-0.39, 0.29) is 0 Å². The van der Waals surface area contributed by atoms with E-state index < -0.39 is 35.6 Å². The Kier molecular flexibility index (Phi) is 6.15. The van der Waals surface area contributed by atoms with Gasteiger partial charge in [-0.05, 0) is 12.0 Å². The van der Waals surface area contributed by atoms with Crippen LogP contribution in [0, 0.1) is 11.3 Å². The zero-order valence-electron chi connectivity index (χ0n) is 14.5. The number of esters is 1. The first kappa shape index (κ1) is 18.6. The first-order chi connectivity index (χ1) is 11.5. The van der Waals surface area contributed by atoms with Crippen LogP contribution in [-0.2, 0) is 25.6 Å². The molecule has 0 heterocycles. The summed E-state index contributed by atoms with van der Waals surface area (Å²) in [5.74, 6) is -1.19. The Hall–Kier alpha value is -1.69. The fourth-order valence-corrected chi connectivity index (χ4v) is 3.71. The summed E-state index contributed by atoms with van der Waals surface area (Å²) in [6.45, 7) is 6.07. The zero-order valence-corrected chi connectivity index (χ0v) is 14.5. The number of hydrogen-bond acceptors (Lipinski definition) is 5. The molecule has 0 radical (unpaired) electrons. The molecule has 5 heteroatoms. The maximum Gasteiger partial charge on any atom is 0.312 e. The van der Waals surface area contributed by atoms with Crippen LogP contribution in [0.15, 0.2) is 43.0 Å². The molecule has 1 aliphatic rings. The molecule has 1 aromatic rings. The Morgan fingerprint density at radius 2 is 2.00 bits per heavy atom. The van der Waals surface area contributed by atoms with Crippen LogP contribution in [-0.4, -0.2) is 43.6 Å². The second-order valence-corrected chi connectivity index (χ2v) is 6.41. The molecule has 1 N–H and O–H groups in total. The highest BCUT2D eigenvalue weighted by atomic mass is 16.6. The number of ether oxygens (including phenoxy) is 3. The number of allylic oxidation sites excluding steroid dienone is 1. The van der Waals surface area contributed by atoms with Crippen molar-refractivity contribution in [3.63, 3.8) is 0 Å². The van der Waals surface area contributed by atoms with Gasteiger partial charge < -0.3 is 19.3 Å². The molecule has 0 aromatic heterocycles. The van der Waals surface area contributed by atoms with Gasteiger partial charge in [0.15, 0.2) is 0 Å². The molecule has 1 aromatic carbocycles. The lowest BCUT2D eigenvalue weighted by Crippen LogP contribution is -2.41. The third kappa shape index (κ3) is 3.38. The van der Waals surface area contributed by atoms with Crippen molar-refractivity contribution in [3.05, 3.63) is 48.6 Å². The minimum atomic E-state index is -0.992. The molecule has 0 amide bonds. The van der Waals surface area contributed by atoms with Crippen LogP contribution in [0.25, 0.3) is 0 Å². The van der Waals surface area contributed by atoms with E-state index in [0.717, 1.165) is 5.56 Å². The van der Waals surface area contributed by atoms with Crippen molar-refractivity contribution in [3.8, 4) is 0 Å². The highest BCUT2D eigenvalue weighted by Crippen LogP contribution is 2.49. The zero-order chi connectivity index (χ0) is 17.7. The molecule has 0 saturated heterocycles. The van der Waals surface area contributed by atoms with E-state index in [1.165, 1.54) is 14.2 Å². The molecule has 5 nitrogen and oxygen atoms in total. The number of rotatable bonds is 7. The van der Waals surface area contributed by atoms with Gasteiger partial charge in [-0.15, -0.1) is 6.58 Å². The van der Waals surface area contributed by atoms with Crippen molar-refractivity contribution >= 4 is 5.97 Å². The van der Waals surface area contributed by atoms with Crippen molar-refractivity contribution in [1.82, 2.24) is 0 Å². The van der Waals surface area contributed by atoms with Gasteiger partial charge >= 0.3 is 5.97 Å². The average Bonchev–Trinajstić information content (AvgIpc) is 2.79. The van der Waals surface area contributed by atoms with E-state index in [9.17, 15) is 9.90 Å². The maximum atomic E-state index is 12.3. The number of benzene rings is 1. The molecular weight excluding hydrogens is 308 g/mol. The van der Waals surface area contributed by atoms with Gasteiger partial charge in [0.2, 0.25) is 0 Å². The highest BCUT2D eigenvalue weighted by Gasteiger charge is 2.61. The monoisotopic (exact) mass is 334 g/mol. The Labute approximate surface area is 143 Å². The van der Waals surface area contributed by atoms with Gasteiger partial charge in [-0.3, -0.25) is 4.79 Å².